The average molecular weight is 242 g/mol. The largest absolute Gasteiger partial charge is 0.384 e. The number of benzene rings is 1. The number of nitrogens with one attached hydrogen (secondary N) is 1. The zero-order valence-corrected chi connectivity index (χ0v) is 11.2. The summed E-state index contributed by atoms with van der Waals surface area (Å²) in [5, 5.41) is 11.9. The lowest BCUT2D eigenvalue weighted by Gasteiger charge is -2.13. The molecule has 0 amide bonds. The van der Waals surface area contributed by atoms with Crippen LogP contribution in [0.15, 0.2) is 18.3 Å². The highest BCUT2D eigenvalue weighted by Crippen LogP contribution is 2.22. The Balaban J connectivity index is 2.67. The van der Waals surface area contributed by atoms with Crippen molar-refractivity contribution in [1.29, 1.82) is 5.41 Å². The van der Waals surface area contributed by atoms with E-state index >= 15 is 0 Å². The molecule has 0 atom stereocenters. The standard InChI is InChI=1S/C14H18N4/c1-8-5-9(2)13(10(3)6-8)18-11(4)12(7-17-18)14(15)16/h5-7H,1-4H3,(H3,15,16). The molecule has 4 heteroatoms. The number of nitrogens with two attached hydrogens (primary N) is 1. The van der Waals surface area contributed by atoms with Gasteiger partial charge in [-0.15, -0.1) is 0 Å². The van der Waals surface area contributed by atoms with Gasteiger partial charge in [0.25, 0.3) is 0 Å². The minimum Gasteiger partial charge on any atom is -0.384 e. The number of hydrogen-bond donors (Lipinski definition) is 2. The predicted molar refractivity (Wildman–Crippen MR) is 73.5 cm³/mol. The zero-order valence-electron chi connectivity index (χ0n) is 11.2. The molecule has 1 heterocycles. The fraction of sp³-hybridized carbons (Fsp3) is 0.286. The van der Waals surface area contributed by atoms with E-state index in [4.69, 9.17) is 11.1 Å². The molecule has 0 saturated heterocycles. The first kappa shape index (κ1) is 12.4. The Morgan fingerprint density at radius 3 is 2.17 bits per heavy atom. The molecule has 94 valence electrons. The van der Waals surface area contributed by atoms with E-state index in [0.29, 0.717) is 5.56 Å². The highest BCUT2D eigenvalue weighted by molar-refractivity contribution is 5.95. The Hall–Kier alpha value is -2.10. The second-order valence-corrected chi connectivity index (χ2v) is 4.72. The molecule has 1 aromatic heterocycles. The highest BCUT2D eigenvalue weighted by Gasteiger charge is 2.13. The van der Waals surface area contributed by atoms with Gasteiger partial charge in [-0.25, -0.2) is 4.68 Å². The van der Waals surface area contributed by atoms with E-state index < -0.39 is 0 Å². The van der Waals surface area contributed by atoms with Crippen LogP contribution >= 0.6 is 0 Å². The third kappa shape index (κ3) is 1.90. The lowest BCUT2D eigenvalue weighted by molar-refractivity contribution is 0.832. The van der Waals surface area contributed by atoms with E-state index in [-0.39, 0.29) is 5.84 Å². The molecule has 3 N–H and O–H groups in total. The highest BCUT2D eigenvalue weighted by atomic mass is 15.3. The van der Waals surface area contributed by atoms with Crippen LogP contribution in [-0.4, -0.2) is 15.6 Å². The van der Waals surface area contributed by atoms with Crippen molar-refractivity contribution in [2.75, 3.05) is 0 Å². The van der Waals surface area contributed by atoms with Crippen LogP contribution in [-0.2, 0) is 0 Å². The minimum absolute atomic E-state index is 0.0566. The van der Waals surface area contributed by atoms with E-state index in [9.17, 15) is 0 Å². The van der Waals surface area contributed by atoms with Crippen molar-refractivity contribution in [2.24, 2.45) is 5.73 Å². The predicted octanol–water partition coefficient (Wildman–Crippen LogP) is 2.39. The van der Waals surface area contributed by atoms with E-state index in [1.165, 1.54) is 16.7 Å². The van der Waals surface area contributed by atoms with Gasteiger partial charge in [0.05, 0.1) is 23.1 Å². The van der Waals surface area contributed by atoms with Gasteiger partial charge in [0.15, 0.2) is 0 Å². The van der Waals surface area contributed by atoms with Gasteiger partial charge in [-0.05, 0) is 38.8 Å². The Morgan fingerprint density at radius 1 is 1.17 bits per heavy atom. The quantitative estimate of drug-likeness (QED) is 0.627. The summed E-state index contributed by atoms with van der Waals surface area (Å²) >= 11 is 0. The Morgan fingerprint density at radius 2 is 1.72 bits per heavy atom. The van der Waals surface area contributed by atoms with E-state index in [1.807, 2.05) is 11.6 Å². The summed E-state index contributed by atoms with van der Waals surface area (Å²) in [6.45, 7) is 8.16. The molecule has 4 nitrogen and oxygen atoms in total. The average Bonchev–Trinajstić information content (AvgIpc) is 2.59. The van der Waals surface area contributed by atoms with Gasteiger partial charge in [0.1, 0.15) is 5.84 Å². The lowest BCUT2D eigenvalue weighted by atomic mass is 10.0. The van der Waals surface area contributed by atoms with Crippen molar-refractivity contribution >= 4 is 5.84 Å². The summed E-state index contributed by atoms with van der Waals surface area (Å²) in [5.74, 6) is 0.0566. The maximum Gasteiger partial charge on any atom is 0.126 e. The number of aromatic nitrogens is 2. The summed E-state index contributed by atoms with van der Waals surface area (Å²) in [6, 6.07) is 4.27. The van der Waals surface area contributed by atoms with Gasteiger partial charge in [0.2, 0.25) is 0 Å². The third-order valence-electron chi connectivity index (χ3n) is 3.15. The number of rotatable bonds is 2. The van der Waals surface area contributed by atoms with Gasteiger partial charge in [0, 0.05) is 0 Å². The molecule has 0 saturated carbocycles. The molecule has 2 aromatic rings. The molecule has 0 aliphatic heterocycles. The second kappa shape index (κ2) is 4.29. The normalized spacial score (nSPS) is 10.7. The zero-order chi connectivity index (χ0) is 13.4. The molecule has 0 spiro atoms. The van der Waals surface area contributed by atoms with Crippen LogP contribution in [0.3, 0.4) is 0 Å². The smallest absolute Gasteiger partial charge is 0.126 e. The summed E-state index contributed by atoms with van der Waals surface area (Å²) < 4.78 is 1.86. The molecule has 0 unspecified atom stereocenters. The van der Waals surface area contributed by atoms with Crippen LogP contribution in [0.1, 0.15) is 27.9 Å². The van der Waals surface area contributed by atoms with Crippen LogP contribution in [0.2, 0.25) is 0 Å². The van der Waals surface area contributed by atoms with Crippen molar-refractivity contribution in [2.45, 2.75) is 27.7 Å². The van der Waals surface area contributed by atoms with E-state index in [0.717, 1.165) is 11.4 Å². The number of nitrogen functional groups attached to an aromatic ring is 1. The Kier molecular flexibility index (Phi) is 2.95. The summed E-state index contributed by atoms with van der Waals surface area (Å²) in [5.41, 5.74) is 11.8. The summed E-state index contributed by atoms with van der Waals surface area (Å²) in [7, 11) is 0. The first-order valence-electron chi connectivity index (χ1n) is 5.89. The summed E-state index contributed by atoms with van der Waals surface area (Å²) in [6.07, 6.45) is 1.65. The molecule has 0 aliphatic rings. The number of amidine groups is 1. The van der Waals surface area contributed by atoms with Gasteiger partial charge in [-0.3, -0.25) is 5.41 Å². The van der Waals surface area contributed by atoms with Crippen LogP contribution in [0.25, 0.3) is 5.69 Å². The lowest BCUT2D eigenvalue weighted by Crippen LogP contribution is -2.12. The van der Waals surface area contributed by atoms with Crippen LogP contribution in [0, 0.1) is 33.1 Å². The van der Waals surface area contributed by atoms with Gasteiger partial charge < -0.3 is 5.73 Å². The van der Waals surface area contributed by atoms with Crippen LogP contribution in [0.4, 0.5) is 0 Å². The molecule has 0 fully saturated rings. The molecule has 0 aliphatic carbocycles. The second-order valence-electron chi connectivity index (χ2n) is 4.72. The fourth-order valence-corrected chi connectivity index (χ4v) is 2.41. The van der Waals surface area contributed by atoms with E-state index in [1.54, 1.807) is 6.20 Å². The molecular weight excluding hydrogens is 224 g/mol. The first-order valence-corrected chi connectivity index (χ1v) is 5.89. The van der Waals surface area contributed by atoms with Crippen LogP contribution < -0.4 is 5.73 Å². The monoisotopic (exact) mass is 242 g/mol. The fourth-order valence-electron chi connectivity index (χ4n) is 2.41. The van der Waals surface area contributed by atoms with Crippen molar-refractivity contribution in [3.05, 3.63) is 46.3 Å². The number of aryl methyl sites for hydroxylation is 3. The van der Waals surface area contributed by atoms with Crippen molar-refractivity contribution in [3.8, 4) is 5.69 Å². The maximum atomic E-state index is 7.52. The van der Waals surface area contributed by atoms with Gasteiger partial charge in [-0.1, -0.05) is 17.7 Å². The van der Waals surface area contributed by atoms with Gasteiger partial charge >= 0.3 is 0 Å². The molecular formula is C14H18N4. The number of hydrogen-bond acceptors (Lipinski definition) is 2. The molecule has 2 rings (SSSR count). The van der Waals surface area contributed by atoms with Crippen molar-refractivity contribution < 1.29 is 0 Å². The maximum absolute atomic E-state index is 7.52. The molecule has 0 radical (unpaired) electrons. The Labute approximate surface area is 107 Å². The van der Waals surface area contributed by atoms with Gasteiger partial charge in [-0.2, -0.15) is 5.10 Å². The minimum atomic E-state index is 0.0566. The van der Waals surface area contributed by atoms with Crippen LogP contribution in [0.5, 0.6) is 0 Å². The topological polar surface area (TPSA) is 67.7 Å². The van der Waals surface area contributed by atoms with Crippen molar-refractivity contribution in [3.63, 3.8) is 0 Å². The molecule has 18 heavy (non-hydrogen) atoms. The first-order chi connectivity index (χ1) is 8.41. The van der Waals surface area contributed by atoms with E-state index in [2.05, 4.69) is 38.0 Å². The molecule has 1 aromatic carbocycles. The Bertz CT molecular complexity index is 600. The number of nitrogens with zero attached hydrogens (tertiary/aromatic N) is 2. The molecule has 0 bridgehead atoms. The van der Waals surface area contributed by atoms with Crippen molar-refractivity contribution in [1.82, 2.24) is 9.78 Å². The SMILES string of the molecule is Cc1cc(C)c(-n2ncc(C(=N)N)c2C)c(C)c1. The third-order valence-corrected chi connectivity index (χ3v) is 3.15. The summed E-state index contributed by atoms with van der Waals surface area (Å²) in [4.78, 5) is 0.